The van der Waals surface area contributed by atoms with Crippen LogP contribution in [0.4, 0.5) is 11.4 Å². The Morgan fingerprint density at radius 2 is 1.53 bits per heavy atom. The number of aliphatic imine (C=N–C) groups is 1. The smallest absolute Gasteiger partial charge is 0.185 e. The Bertz CT molecular complexity index is 604. The minimum atomic E-state index is 0.736. The average Bonchev–Trinajstić information content (AvgIpc) is 2.48. The van der Waals surface area contributed by atoms with Gasteiger partial charge in [0.1, 0.15) is 0 Å². The van der Waals surface area contributed by atoms with Crippen LogP contribution in [0.3, 0.4) is 0 Å². The van der Waals surface area contributed by atoms with E-state index in [1.54, 1.807) is 0 Å². The van der Waals surface area contributed by atoms with E-state index in [4.69, 9.17) is 0 Å². The molecule has 0 unspecified atom stereocenters. The number of nitrogens with zero attached hydrogens (tertiary/aromatic N) is 2. The molecule has 19 heavy (non-hydrogen) atoms. The zero-order valence-electron chi connectivity index (χ0n) is 11.2. The van der Waals surface area contributed by atoms with Gasteiger partial charge in [-0.05, 0) is 37.1 Å². The maximum Gasteiger partial charge on any atom is 0.185 e. The molecule has 0 bridgehead atoms. The summed E-state index contributed by atoms with van der Waals surface area (Å²) in [5.74, 6) is 6.71. The second kappa shape index (κ2) is 6.42. The molecule has 2 aromatic rings. The van der Waals surface area contributed by atoms with Gasteiger partial charge in [-0.2, -0.15) is 0 Å². The summed E-state index contributed by atoms with van der Waals surface area (Å²) >= 11 is 0. The van der Waals surface area contributed by atoms with Gasteiger partial charge in [0, 0.05) is 12.7 Å². The van der Waals surface area contributed by atoms with Crippen LogP contribution in [0.1, 0.15) is 6.92 Å². The Kier molecular flexibility index (Phi) is 4.36. The number of rotatable bonds is 2. The topological polar surface area (TPSA) is 15.6 Å². The lowest BCUT2D eigenvalue weighted by Gasteiger charge is -2.17. The lowest BCUT2D eigenvalue weighted by molar-refractivity contribution is 1.26. The molecule has 0 heterocycles. The fourth-order valence-corrected chi connectivity index (χ4v) is 1.70. The lowest BCUT2D eigenvalue weighted by atomic mass is 10.3. The van der Waals surface area contributed by atoms with Crippen molar-refractivity contribution in [1.29, 1.82) is 0 Å². The summed E-state index contributed by atoms with van der Waals surface area (Å²) in [5, 5.41) is 0. The number of hydrogen-bond donors (Lipinski definition) is 0. The van der Waals surface area contributed by atoms with E-state index in [9.17, 15) is 0 Å². The van der Waals surface area contributed by atoms with E-state index < -0.39 is 0 Å². The maximum atomic E-state index is 4.59. The zero-order valence-corrected chi connectivity index (χ0v) is 11.2. The molecule has 0 saturated heterocycles. The molecule has 2 nitrogen and oxygen atoms in total. The van der Waals surface area contributed by atoms with Gasteiger partial charge in [0.25, 0.3) is 0 Å². The molecule has 94 valence electrons. The zero-order chi connectivity index (χ0) is 13.5. The largest absolute Gasteiger partial charge is 0.322 e. The molecule has 0 aromatic heterocycles. The summed E-state index contributed by atoms with van der Waals surface area (Å²) in [6.45, 7) is 1.82. The van der Waals surface area contributed by atoms with Crippen molar-refractivity contribution in [3.63, 3.8) is 0 Å². The highest BCUT2D eigenvalue weighted by Crippen LogP contribution is 2.15. The van der Waals surface area contributed by atoms with Crippen LogP contribution in [0, 0.1) is 11.8 Å². The van der Waals surface area contributed by atoms with E-state index in [1.807, 2.05) is 79.5 Å². The van der Waals surface area contributed by atoms with Crippen molar-refractivity contribution < 1.29 is 0 Å². The van der Waals surface area contributed by atoms with E-state index >= 15 is 0 Å². The Labute approximate surface area is 114 Å². The molecule has 2 rings (SSSR count). The summed E-state index contributed by atoms with van der Waals surface area (Å²) < 4.78 is 0. The van der Waals surface area contributed by atoms with Gasteiger partial charge >= 0.3 is 0 Å². The first-order valence-electron chi connectivity index (χ1n) is 6.16. The monoisotopic (exact) mass is 248 g/mol. The molecule has 0 aliphatic carbocycles. The fraction of sp³-hybridized carbons (Fsp3) is 0.118. The third-order valence-corrected chi connectivity index (χ3v) is 2.69. The molecule has 2 heteroatoms. The van der Waals surface area contributed by atoms with Crippen molar-refractivity contribution in [2.45, 2.75) is 6.92 Å². The molecule has 0 saturated carbocycles. The minimum absolute atomic E-state index is 0.736. The standard InChI is InChI=1S/C17H16N2/c1-3-10-17(18-15-11-6-4-7-12-15)19(2)16-13-8-5-9-14-16/h4-9,11-14H,1-2H3. The van der Waals surface area contributed by atoms with Crippen molar-refractivity contribution >= 4 is 17.2 Å². The number of benzene rings is 2. The maximum absolute atomic E-state index is 4.59. The van der Waals surface area contributed by atoms with E-state index in [-0.39, 0.29) is 0 Å². The minimum Gasteiger partial charge on any atom is -0.322 e. The van der Waals surface area contributed by atoms with Crippen molar-refractivity contribution in [2.75, 3.05) is 11.9 Å². The SMILES string of the molecule is CC#CC(=Nc1ccccc1)N(C)c1ccccc1. The molecule has 0 N–H and O–H groups in total. The van der Waals surface area contributed by atoms with Crippen molar-refractivity contribution in [2.24, 2.45) is 4.99 Å². The molecule has 2 aromatic carbocycles. The summed E-state index contributed by atoms with van der Waals surface area (Å²) in [6.07, 6.45) is 0. The van der Waals surface area contributed by atoms with Gasteiger partial charge in [-0.25, -0.2) is 4.99 Å². The quantitative estimate of drug-likeness (QED) is 0.447. The van der Waals surface area contributed by atoms with E-state index in [0.717, 1.165) is 17.2 Å². The number of amidine groups is 1. The van der Waals surface area contributed by atoms with Crippen LogP contribution in [0.2, 0.25) is 0 Å². The van der Waals surface area contributed by atoms with Gasteiger partial charge in [0.05, 0.1) is 5.69 Å². The van der Waals surface area contributed by atoms with Crippen molar-refractivity contribution in [3.8, 4) is 11.8 Å². The Balaban J connectivity index is 2.35. The van der Waals surface area contributed by atoms with Gasteiger partial charge in [-0.1, -0.05) is 42.3 Å². The van der Waals surface area contributed by atoms with Gasteiger partial charge in [0.15, 0.2) is 5.84 Å². The van der Waals surface area contributed by atoms with Crippen LogP contribution in [0.5, 0.6) is 0 Å². The summed E-state index contributed by atoms with van der Waals surface area (Å²) in [7, 11) is 1.97. The highest BCUT2D eigenvalue weighted by Gasteiger charge is 2.05. The van der Waals surface area contributed by atoms with Crippen molar-refractivity contribution in [1.82, 2.24) is 0 Å². The van der Waals surface area contributed by atoms with Gasteiger partial charge in [-0.3, -0.25) is 0 Å². The van der Waals surface area contributed by atoms with E-state index in [2.05, 4.69) is 16.8 Å². The summed E-state index contributed by atoms with van der Waals surface area (Å²) in [6, 6.07) is 19.9. The van der Waals surface area contributed by atoms with Gasteiger partial charge in [0.2, 0.25) is 0 Å². The molecule has 0 atom stereocenters. The highest BCUT2D eigenvalue weighted by molar-refractivity contribution is 6.10. The highest BCUT2D eigenvalue weighted by atomic mass is 15.2. The predicted molar refractivity (Wildman–Crippen MR) is 81.8 cm³/mol. The van der Waals surface area contributed by atoms with Gasteiger partial charge in [-0.15, -0.1) is 0 Å². The average molecular weight is 248 g/mol. The molecular formula is C17H16N2. The molecule has 0 fully saturated rings. The van der Waals surface area contributed by atoms with Crippen LogP contribution in [-0.2, 0) is 0 Å². The van der Waals surface area contributed by atoms with E-state index in [1.165, 1.54) is 0 Å². The molecular weight excluding hydrogens is 232 g/mol. The number of hydrogen-bond acceptors (Lipinski definition) is 1. The molecule has 0 spiro atoms. The van der Waals surface area contributed by atoms with Gasteiger partial charge < -0.3 is 4.90 Å². The first-order valence-corrected chi connectivity index (χ1v) is 6.16. The molecule has 0 aliphatic rings. The van der Waals surface area contributed by atoms with Crippen molar-refractivity contribution in [3.05, 3.63) is 60.7 Å². The second-order valence-electron chi connectivity index (χ2n) is 4.04. The molecule has 0 aliphatic heterocycles. The summed E-state index contributed by atoms with van der Waals surface area (Å²) in [4.78, 5) is 6.58. The Morgan fingerprint density at radius 3 is 2.11 bits per heavy atom. The second-order valence-corrected chi connectivity index (χ2v) is 4.04. The van der Waals surface area contributed by atoms with Crippen LogP contribution < -0.4 is 4.90 Å². The lowest BCUT2D eigenvalue weighted by Crippen LogP contribution is -2.24. The number of para-hydroxylation sites is 2. The molecule has 0 radical (unpaired) electrons. The molecule has 0 amide bonds. The normalized spacial score (nSPS) is 10.5. The first-order chi connectivity index (χ1) is 9.31. The van der Waals surface area contributed by atoms with Crippen LogP contribution in [0.15, 0.2) is 65.7 Å². The first kappa shape index (κ1) is 12.9. The third kappa shape index (κ3) is 3.46. The summed E-state index contributed by atoms with van der Waals surface area (Å²) in [5.41, 5.74) is 1.97. The van der Waals surface area contributed by atoms with E-state index in [0.29, 0.717) is 0 Å². The third-order valence-electron chi connectivity index (χ3n) is 2.69. The predicted octanol–water partition coefficient (Wildman–Crippen LogP) is 3.88. The number of anilines is 1. The Hall–Kier alpha value is -2.53. The van der Waals surface area contributed by atoms with Crippen LogP contribution in [0.25, 0.3) is 0 Å². The van der Waals surface area contributed by atoms with Crippen LogP contribution in [-0.4, -0.2) is 12.9 Å². The Morgan fingerprint density at radius 1 is 0.947 bits per heavy atom. The fourth-order valence-electron chi connectivity index (χ4n) is 1.70. The van der Waals surface area contributed by atoms with Crippen LogP contribution >= 0.6 is 0 Å².